The summed E-state index contributed by atoms with van der Waals surface area (Å²) in [6.45, 7) is 1.08. The maximum Gasteiger partial charge on any atom is 0.221 e. The van der Waals surface area contributed by atoms with Crippen molar-refractivity contribution in [2.45, 2.75) is 44.2 Å². The summed E-state index contributed by atoms with van der Waals surface area (Å²) in [5, 5.41) is 6.50. The Kier molecular flexibility index (Phi) is 4.32. The molecule has 0 aromatic rings. The second-order valence-electron chi connectivity index (χ2n) is 4.48. The van der Waals surface area contributed by atoms with Gasteiger partial charge in [0, 0.05) is 24.3 Å². The fourth-order valence-corrected chi connectivity index (χ4v) is 3.37. The van der Waals surface area contributed by atoms with Gasteiger partial charge in [-0.25, -0.2) is 0 Å². The summed E-state index contributed by atoms with van der Waals surface area (Å²) in [6, 6.07) is 0.860. The Bertz CT molecular complexity index is 211. The summed E-state index contributed by atoms with van der Waals surface area (Å²) in [7, 11) is 0. The van der Waals surface area contributed by atoms with E-state index < -0.39 is 0 Å². The van der Waals surface area contributed by atoms with Crippen molar-refractivity contribution in [2.75, 3.05) is 18.1 Å². The summed E-state index contributed by atoms with van der Waals surface area (Å²) in [4.78, 5) is 11.7. The van der Waals surface area contributed by atoms with Crippen LogP contribution in [0.4, 0.5) is 0 Å². The predicted octanol–water partition coefficient (Wildman–Crippen LogP) is 1.14. The molecule has 0 saturated carbocycles. The van der Waals surface area contributed by atoms with E-state index in [1.165, 1.54) is 18.6 Å². The van der Waals surface area contributed by atoms with Crippen LogP contribution in [0.3, 0.4) is 0 Å². The normalized spacial score (nSPS) is 31.5. The predicted molar refractivity (Wildman–Crippen MR) is 64.1 cm³/mol. The molecule has 15 heavy (non-hydrogen) atoms. The van der Waals surface area contributed by atoms with E-state index >= 15 is 0 Å². The molecule has 4 heteroatoms. The maximum absolute atomic E-state index is 11.7. The van der Waals surface area contributed by atoms with Crippen LogP contribution in [0.15, 0.2) is 0 Å². The Morgan fingerprint density at radius 2 is 2.33 bits per heavy atom. The van der Waals surface area contributed by atoms with Crippen molar-refractivity contribution in [3.05, 3.63) is 0 Å². The van der Waals surface area contributed by atoms with Crippen molar-refractivity contribution in [1.82, 2.24) is 10.6 Å². The van der Waals surface area contributed by atoms with Gasteiger partial charge >= 0.3 is 0 Å². The molecule has 2 aliphatic rings. The summed E-state index contributed by atoms with van der Waals surface area (Å²) in [6.07, 6.45) is 5.46. The number of carbonyl (C=O) groups excluding carboxylic acids is 1. The molecule has 3 nitrogen and oxygen atoms in total. The fraction of sp³-hybridized carbons (Fsp3) is 0.909. The number of nitrogens with one attached hydrogen (secondary N) is 2. The molecule has 1 amide bonds. The third-order valence-corrected chi connectivity index (χ3v) is 4.34. The van der Waals surface area contributed by atoms with Crippen LogP contribution in [0, 0.1) is 0 Å². The molecule has 2 atom stereocenters. The van der Waals surface area contributed by atoms with Gasteiger partial charge in [0.1, 0.15) is 0 Å². The molecule has 2 fully saturated rings. The molecule has 0 bridgehead atoms. The van der Waals surface area contributed by atoms with Crippen LogP contribution in [-0.4, -0.2) is 36.0 Å². The molecule has 2 unspecified atom stereocenters. The SMILES string of the molecule is O=C(CC1CCCN1)NC1CCCSC1. The van der Waals surface area contributed by atoms with E-state index in [1.54, 1.807) is 0 Å². The molecule has 2 heterocycles. The lowest BCUT2D eigenvalue weighted by atomic mass is 10.1. The monoisotopic (exact) mass is 228 g/mol. The number of amides is 1. The van der Waals surface area contributed by atoms with Crippen molar-refractivity contribution >= 4 is 17.7 Å². The lowest BCUT2D eigenvalue weighted by Gasteiger charge is -2.23. The minimum absolute atomic E-state index is 0.238. The first-order chi connectivity index (χ1) is 7.34. The van der Waals surface area contributed by atoms with Gasteiger partial charge in [0.05, 0.1) is 0 Å². The number of hydrogen-bond acceptors (Lipinski definition) is 3. The van der Waals surface area contributed by atoms with Crippen molar-refractivity contribution in [2.24, 2.45) is 0 Å². The largest absolute Gasteiger partial charge is 0.352 e. The molecule has 0 aromatic heterocycles. The first-order valence-corrected chi connectivity index (χ1v) is 7.10. The zero-order valence-electron chi connectivity index (χ0n) is 9.13. The molecule has 2 rings (SSSR count). The van der Waals surface area contributed by atoms with Crippen LogP contribution in [-0.2, 0) is 4.79 Å². The van der Waals surface area contributed by atoms with Crippen LogP contribution >= 0.6 is 11.8 Å². The summed E-state index contributed by atoms with van der Waals surface area (Å²) in [5.41, 5.74) is 0. The fourth-order valence-electron chi connectivity index (χ4n) is 2.30. The van der Waals surface area contributed by atoms with E-state index in [4.69, 9.17) is 0 Å². The lowest BCUT2D eigenvalue weighted by Crippen LogP contribution is -2.40. The van der Waals surface area contributed by atoms with E-state index in [-0.39, 0.29) is 5.91 Å². The van der Waals surface area contributed by atoms with E-state index in [9.17, 15) is 4.79 Å². The number of hydrogen-bond donors (Lipinski definition) is 2. The molecule has 2 N–H and O–H groups in total. The third-order valence-electron chi connectivity index (χ3n) is 3.12. The number of carbonyl (C=O) groups is 1. The Hall–Kier alpha value is -0.220. The van der Waals surface area contributed by atoms with Crippen molar-refractivity contribution in [3.8, 4) is 0 Å². The minimum atomic E-state index is 0.238. The van der Waals surface area contributed by atoms with E-state index in [2.05, 4.69) is 10.6 Å². The van der Waals surface area contributed by atoms with Gasteiger partial charge in [-0.15, -0.1) is 0 Å². The van der Waals surface area contributed by atoms with E-state index in [1.807, 2.05) is 11.8 Å². The third kappa shape index (κ3) is 3.68. The van der Waals surface area contributed by atoms with Gasteiger partial charge in [-0.2, -0.15) is 11.8 Å². The summed E-state index contributed by atoms with van der Waals surface area (Å²) >= 11 is 1.96. The van der Waals surface area contributed by atoms with Gasteiger partial charge in [0.2, 0.25) is 5.91 Å². The average Bonchev–Trinajstić information content (AvgIpc) is 2.71. The van der Waals surface area contributed by atoms with Gasteiger partial charge in [0.15, 0.2) is 0 Å². The van der Waals surface area contributed by atoms with Gasteiger partial charge in [-0.1, -0.05) is 0 Å². The molecule has 2 aliphatic heterocycles. The standard InChI is InChI=1S/C11H20N2OS/c14-11(7-9-3-1-5-12-9)13-10-4-2-6-15-8-10/h9-10,12H,1-8H2,(H,13,14). The summed E-state index contributed by atoms with van der Waals surface area (Å²) in [5.74, 6) is 2.60. The van der Waals surface area contributed by atoms with Crippen LogP contribution in [0.2, 0.25) is 0 Å². The Morgan fingerprint density at radius 3 is 3.00 bits per heavy atom. The van der Waals surface area contributed by atoms with Crippen molar-refractivity contribution in [1.29, 1.82) is 0 Å². The molecule has 0 aromatic carbocycles. The summed E-state index contributed by atoms with van der Waals surface area (Å²) < 4.78 is 0. The van der Waals surface area contributed by atoms with Crippen LogP contribution in [0.25, 0.3) is 0 Å². The number of rotatable bonds is 3. The highest BCUT2D eigenvalue weighted by Crippen LogP contribution is 2.17. The van der Waals surface area contributed by atoms with Gasteiger partial charge in [-0.05, 0) is 38.0 Å². The highest BCUT2D eigenvalue weighted by Gasteiger charge is 2.20. The second kappa shape index (κ2) is 5.75. The smallest absolute Gasteiger partial charge is 0.221 e. The van der Waals surface area contributed by atoms with E-state index in [0.717, 1.165) is 25.1 Å². The first-order valence-electron chi connectivity index (χ1n) is 5.95. The van der Waals surface area contributed by atoms with Crippen LogP contribution in [0.1, 0.15) is 32.1 Å². The highest BCUT2D eigenvalue weighted by molar-refractivity contribution is 7.99. The lowest BCUT2D eigenvalue weighted by molar-refractivity contribution is -0.122. The van der Waals surface area contributed by atoms with Gasteiger partial charge in [0.25, 0.3) is 0 Å². The van der Waals surface area contributed by atoms with Crippen LogP contribution in [0.5, 0.6) is 0 Å². The maximum atomic E-state index is 11.7. The molecule has 0 radical (unpaired) electrons. The average molecular weight is 228 g/mol. The quantitative estimate of drug-likeness (QED) is 0.761. The Balaban J connectivity index is 1.66. The van der Waals surface area contributed by atoms with Crippen LogP contribution < -0.4 is 10.6 Å². The van der Waals surface area contributed by atoms with Crippen molar-refractivity contribution in [3.63, 3.8) is 0 Å². The zero-order valence-corrected chi connectivity index (χ0v) is 9.94. The molecular formula is C11H20N2OS. The van der Waals surface area contributed by atoms with Crippen molar-refractivity contribution < 1.29 is 4.79 Å². The molecule has 0 spiro atoms. The van der Waals surface area contributed by atoms with Gasteiger partial charge in [-0.3, -0.25) is 4.79 Å². The zero-order chi connectivity index (χ0) is 10.5. The second-order valence-corrected chi connectivity index (χ2v) is 5.63. The molecule has 0 aliphatic carbocycles. The molecular weight excluding hydrogens is 208 g/mol. The Morgan fingerprint density at radius 1 is 1.40 bits per heavy atom. The topological polar surface area (TPSA) is 41.1 Å². The first kappa shape index (κ1) is 11.3. The highest BCUT2D eigenvalue weighted by atomic mass is 32.2. The van der Waals surface area contributed by atoms with E-state index in [0.29, 0.717) is 18.5 Å². The minimum Gasteiger partial charge on any atom is -0.352 e. The van der Waals surface area contributed by atoms with Gasteiger partial charge < -0.3 is 10.6 Å². The Labute approximate surface area is 95.8 Å². The molecule has 2 saturated heterocycles. The molecule has 86 valence electrons. The number of thioether (sulfide) groups is 1.